The van der Waals surface area contributed by atoms with Gasteiger partial charge in [0.2, 0.25) is 0 Å². The topological polar surface area (TPSA) is 25.2 Å². The predicted octanol–water partition coefficient (Wildman–Crippen LogP) is 4.34. The lowest BCUT2D eigenvalue weighted by molar-refractivity contribution is 0.101. The van der Waals surface area contributed by atoms with Gasteiger partial charge in [-0.15, -0.1) is 0 Å². The fraction of sp³-hybridized carbons (Fsp3) is 0.350. The van der Waals surface area contributed by atoms with Crippen LogP contribution in [0.25, 0.3) is 21.8 Å². The Morgan fingerprint density at radius 3 is 2.39 bits per heavy atom. The number of benzene rings is 2. The molecule has 23 heavy (non-hydrogen) atoms. The van der Waals surface area contributed by atoms with Crippen LogP contribution in [0.1, 0.15) is 31.1 Å². The van der Waals surface area contributed by atoms with Gasteiger partial charge in [0, 0.05) is 40.5 Å². The molecule has 3 aromatic rings. The maximum atomic E-state index is 11.8. The molecule has 0 saturated heterocycles. The lowest BCUT2D eigenvalue weighted by Crippen LogP contribution is -2.26. The maximum Gasteiger partial charge on any atom is 0.159 e. The van der Waals surface area contributed by atoms with Crippen LogP contribution in [-0.4, -0.2) is 34.9 Å². The van der Waals surface area contributed by atoms with Crippen LogP contribution in [-0.2, 0) is 6.54 Å². The number of hydrogen-bond donors (Lipinski definition) is 0. The summed E-state index contributed by atoms with van der Waals surface area (Å²) in [5, 5.41) is 2.49. The molecule has 0 N–H and O–H groups in total. The summed E-state index contributed by atoms with van der Waals surface area (Å²) in [6, 6.07) is 14.6. The Hall–Kier alpha value is -2.13. The maximum absolute atomic E-state index is 11.8. The van der Waals surface area contributed by atoms with Crippen LogP contribution in [0.5, 0.6) is 0 Å². The van der Waals surface area contributed by atoms with Crippen molar-refractivity contribution in [2.45, 2.75) is 27.3 Å². The van der Waals surface area contributed by atoms with Crippen LogP contribution < -0.4 is 0 Å². The van der Waals surface area contributed by atoms with Gasteiger partial charge in [-0.05, 0) is 32.1 Å². The van der Waals surface area contributed by atoms with Crippen LogP contribution in [0.15, 0.2) is 42.5 Å². The van der Waals surface area contributed by atoms with Crippen molar-refractivity contribution in [2.75, 3.05) is 19.6 Å². The minimum atomic E-state index is 0.118. The highest BCUT2D eigenvalue weighted by molar-refractivity contribution is 6.10. The highest BCUT2D eigenvalue weighted by Gasteiger charge is 2.12. The molecule has 3 heteroatoms. The van der Waals surface area contributed by atoms with E-state index in [0.717, 1.165) is 37.3 Å². The second-order valence-electron chi connectivity index (χ2n) is 5.98. The molecule has 1 aromatic heterocycles. The molecule has 120 valence electrons. The van der Waals surface area contributed by atoms with Crippen LogP contribution in [0, 0.1) is 0 Å². The van der Waals surface area contributed by atoms with Crippen molar-refractivity contribution < 1.29 is 4.79 Å². The predicted molar refractivity (Wildman–Crippen MR) is 97.2 cm³/mol. The number of rotatable bonds is 6. The van der Waals surface area contributed by atoms with E-state index < -0.39 is 0 Å². The quantitative estimate of drug-likeness (QED) is 0.633. The summed E-state index contributed by atoms with van der Waals surface area (Å²) in [5.74, 6) is 0.118. The van der Waals surface area contributed by atoms with Gasteiger partial charge in [0.25, 0.3) is 0 Å². The average molecular weight is 308 g/mol. The molecule has 1 heterocycles. The van der Waals surface area contributed by atoms with Crippen LogP contribution >= 0.6 is 0 Å². The van der Waals surface area contributed by atoms with Gasteiger partial charge in [0.05, 0.1) is 0 Å². The fourth-order valence-electron chi connectivity index (χ4n) is 3.29. The van der Waals surface area contributed by atoms with E-state index in [9.17, 15) is 4.79 Å². The van der Waals surface area contributed by atoms with Gasteiger partial charge in [-0.25, -0.2) is 0 Å². The third kappa shape index (κ3) is 2.89. The number of likely N-dealkylation sites (N-methyl/N-ethyl adjacent to an activating group) is 1. The molecule has 0 fully saturated rings. The summed E-state index contributed by atoms with van der Waals surface area (Å²) >= 11 is 0. The van der Waals surface area contributed by atoms with Crippen molar-refractivity contribution in [3.8, 4) is 0 Å². The van der Waals surface area contributed by atoms with Gasteiger partial charge in [0.1, 0.15) is 0 Å². The molecule has 0 spiro atoms. The van der Waals surface area contributed by atoms with E-state index in [-0.39, 0.29) is 5.78 Å². The first-order chi connectivity index (χ1) is 11.2. The highest BCUT2D eigenvalue weighted by Crippen LogP contribution is 2.29. The molecule has 0 atom stereocenters. The lowest BCUT2D eigenvalue weighted by Gasteiger charge is -2.19. The van der Waals surface area contributed by atoms with Crippen molar-refractivity contribution in [1.82, 2.24) is 9.47 Å². The van der Waals surface area contributed by atoms with E-state index >= 15 is 0 Å². The molecule has 0 bridgehead atoms. The molecule has 3 nitrogen and oxygen atoms in total. The molecular weight excluding hydrogens is 284 g/mol. The summed E-state index contributed by atoms with van der Waals surface area (Å²) in [4.78, 5) is 14.2. The summed E-state index contributed by atoms with van der Waals surface area (Å²) in [7, 11) is 0. The highest BCUT2D eigenvalue weighted by atomic mass is 16.1. The summed E-state index contributed by atoms with van der Waals surface area (Å²) in [6.07, 6.45) is 0. The van der Waals surface area contributed by atoms with Gasteiger partial charge in [-0.1, -0.05) is 44.2 Å². The molecule has 3 rings (SSSR count). The zero-order chi connectivity index (χ0) is 16.4. The number of fused-ring (bicyclic) bond motifs is 3. The number of para-hydroxylation sites is 1. The van der Waals surface area contributed by atoms with E-state index in [0.29, 0.717) is 0 Å². The number of hydrogen-bond acceptors (Lipinski definition) is 2. The first-order valence-corrected chi connectivity index (χ1v) is 8.40. The number of nitrogens with zero attached hydrogens (tertiary/aromatic N) is 2. The minimum Gasteiger partial charge on any atom is -0.339 e. The normalized spacial score (nSPS) is 11.7. The first kappa shape index (κ1) is 15.8. The smallest absolute Gasteiger partial charge is 0.159 e. The average Bonchev–Trinajstić information content (AvgIpc) is 2.89. The van der Waals surface area contributed by atoms with Gasteiger partial charge in [-0.2, -0.15) is 0 Å². The number of aromatic nitrogens is 1. The molecule has 0 saturated carbocycles. The Morgan fingerprint density at radius 1 is 1.00 bits per heavy atom. The van der Waals surface area contributed by atoms with Crippen LogP contribution in [0.3, 0.4) is 0 Å². The molecule has 0 aliphatic carbocycles. The summed E-state index contributed by atoms with van der Waals surface area (Å²) in [5.41, 5.74) is 3.19. The summed E-state index contributed by atoms with van der Waals surface area (Å²) in [6.45, 7) is 10.1. The summed E-state index contributed by atoms with van der Waals surface area (Å²) < 4.78 is 2.36. The van der Waals surface area contributed by atoms with Gasteiger partial charge in [-0.3, -0.25) is 4.79 Å². The van der Waals surface area contributed by atoms with Crippen molar-refractivity contribution in [2.24, 2.45) is 0 Å². The van der Waals surface area contributed by atoms with Gasteiger partial charge < -0.3 is 9.47 Å². The minimum absolute atomic E-state index is 0.118. The van der Waals surface area contributed by atoms with E-state index in [1.165, 1.54) is 16.3 Å². The second-order valence-corrected chi connectivity index (χ2v) is 5.98. The van der Waals surface area contributed by atoms with Gasteiger partial charge in [0.15, 0.2) is 5.78 Å². The number of carbonyl (C=O) groups excluding carboxylic acids is 1. The third-order valence-electron chi connectivity index (χ3n) is 4.71. The Labute approximate surface area is 137 Å². The number of Topliss-reactive ketones (excluding diaryl/α,β-unsaturated/α-hetero) is 1. The van der Waals surface area contributed by atoms with Crippen molar-refractivity contribution in [3.63, 3.8) is 0 Å². The standard InChI is InChI=1S/C20H24N2O/c1-4-21(5-2)12-13-22-19-9-7-6-8-17(19)18-11-10-16(15(3)23)14-20(18)22/h6-11,14H,4-5,12-13H2,1-3H3. The van der Waals surface area contributed by atoms with Crippen molar-refractivity contribution in [3.05, 3.63) is 48.0 Å². The second kappa shape index (κ2) is 6.55. The van der Waals surface area contributed by atoms with Gasteiger partial charge >= 0.3 is 0 Å². The molecule has 0 radical (unpaired) electrons. The molecule has 0 aliphatic rings. The molecule has 0 aliphatic heterocycles. The fourth-order valence-corrected chi connectivity index (χ4v) is 3.29. The van der Waals surface area contributed by atoms with E-state index in [1.807, 2.05) is 12.1 Å². The van der Waals surface area contributed by atoms with Crippen molar-refractivity contribution in [1.29, 1.82) is 0 Å². The number of ketones is 1. The van der Waals surface area contributed by atoms with E-state index in [4.69, 9.17) is 0 Å². The first-order valence-electron chi connectivity index (χ1n) is 8.40. The van der Waals surface area contributed by atoms with E-state index in [2.05, 4.69) is 53.6 Å². The number of carbonyl (C=O) groups is 1. The Balaban J connectivity index is 2.14. The zero-order valence-corrected chi connectivity index (χ0v) is 14.2. The van der Waals surface area contributed by atoms with Crippen molar-refractivity contribution >= 4 is 27.6 Å². The third-order valence-corrected chi connectivity index (χ3v) is 4.71. The molecule has 0 amide bonds. The van der Waals surface area contributed by atoms with E-state index in [1.54, 1.807) is 6.92 Å². The molecule has 0 unspecified atom stereocenters. The SMILES string of the molecule is CCN(CC)CCn1c2ccccc2c2ccc(C(C)=O)cc21. The Morgan fingerprint density at radius 2 is 1.70 bits per heavy atom. The monoisotopic (exact) mass is 308 g/mol. The zero-order valence-electron chi connectivity index (χ0n) is 14.2. The largest absolute Gasteiger partial charge is 0.339 e. The Bertz CT molecular complexity index is 843. The molecular formula is C20H24N2O. The molecule has 2 aromatic carbocycles. The van der Waals surface area contributed by atoms with Crippen LogP contribution in [0.4, 0.5) is 0 Å². The van der Waals surface area contributed by atoms with Crippen LogP contribution in [0.2, 0.25) is 0 Å². The lowest BCUT2D eigenvalue weighted by atomic mass is 10.1. The Kier molecular flexibility index (Phi) is 4.49.